The zero-order valence-corrected chi connectivity index (χ0v) is 8.77. The van der Waals surface area contributed by atoms with Gasteiger partial charge in [-0.05, 0) is 26.7 Å². The van der Waals surface area contributed by atoms with E-state index in [2.05, 4.69) is 0 Å². The highest BCUT2D eigenvalue weighted by Gasteiger charge is 2.44. The molecule has 1 N–H and O–H groups in total. The van der Waals surface area contributed by atoms with Gasteiger partial charge in [-0.25, -0.2) is 4.39 Å². The standard InChI is InChI=1S/C11H21FO/c1-10(2,12)11(9-13)7-5-3-4-6-8-11/h13H,3-9H2,1-2H3. The van der Waals surface area contributed by atoms with Crippen LogP contribution in [0.25, 0.3) is 0 Å². The Hall–Kier alpha value is -0.110. The van der Waals surface area contributed by atoms with Crippen LogP contribution < -0.4 is 0 Å². The maximum atomic E-state index is 14.0. The van der Waals surface area contributed by atoms with Gasteiger partial charge in [0.2, 0.25) is 0 Å². The fourth-order valence-electron chi connectivity index (χ4n) is 2.35. The van der Waals surface area contributed by atoms with Gasteiger partial charge in [0.25, 0.3) is 0 Å². The van der Waals surface area contributed by atoms with Crippen LogP contribution >= 0.6 is 0 Å². The van der Waals surface area contributed by atoms with Crippen LogP contribution in [0.3, 0.4) is 0 Å². The monoisotopic (exact) mass is 188 g/mol. The molecule has 78 valence electrons. The number of aliphatic hydroxyl groups is 1. The molecule has 1 saturated carbocycles. The summed E-state index contributed by atoms with van der Waals surface area (Å²) in [6, 6.07) is 0. The van der Waals surface area contributed by atoms with E-state index in [1.54, 1.807) is 13.8 Å². The molecule has 2 heteroatoms. The highest BCUT2D eigenvalue weighted by Crippen LogP contribution is 2.45. The minimum absolute atomic E-state index is 0.00347. The average Bonchev–Trinajstić information content (AvgIpc) is 2.27. The Kier molecular flexibility index (Phi) is 3.33. The number of aliphatic hydroxyl groups excluding tert-OH is 1. The van der Waals surface area contributed by atoms with Gasteiger partial charge < -0.3 is 5.11 Å². The van der Waals surface area contributed by atoms with Gasteiger partial charge >= 0.3 is 0 Å². The molecule has 0 heterocycles. The Bertz CT molecular complexity index is 152. The van der Waals surface area contributed by atoms with Gasteiger partial charge in [0.15, 0.2) is 0 Å². The molecule has 0 saturated heterocycles. The second kappa shape index (κ2) is 3.95. The Morgan fingerprint density at radius 3 is 1.92 bits per heavy atom. The van der Waals surface area contributed by atoms with Crippen molar-refractivity contribution in [2.45, 2.75) is 58.0 Å². The lowest BCUT2D eigenvalue weighted by atomic mass is 9.70. The van der Waals surface area contributed by atoms with Gasteiger partial charge in [-0.1, -0.05) is 25.7 Å². The van der Waals surface area contributed by atoms with E-state index in [0.29, 0.717) is 0 Å². The third-order valence-corrected chi connectivity index (χ3v) is 3.62. The van der Waals surface area contributed by atoms with Crippen molar-refractivity contribution in [1.29, 1.82) is 0 Å². The zero-order chi connectivity index (χ0) is 9.95. The van der Waals surface area contributed by atoms with Crippen LogP contribution in [-0.4, -0.2) is 17.4 Å². The first-order chi connectivity index (χ1) is 6.02. The molecule has 1 aliphatic rings. The molecular weight excluding hydrogens is 167 g/mol. The van der Waals surface area contributed by atoms with E-state index in [0.717, 1.165) is 25.7 Å². The lowest BCUT2D eigenvalue weighted by molar-refractivity contribution is -0.0358. The maximum Gasteiger partial charge on any atom is 0.113 e. The number of hydrogen-bond acceptors (Lipinski definition) is 1. The first-order valence-corrected chi connectivity index (χ1v) is 5.32. The molecule has 0 aromatic rings. The quantitative estimate of drug-likeness (QED) is 0.660. The van der Waals surface area contributed by atoms with E-state index in [-0.39, 0.29) is 6.61 Å². The van der Waals surface area contributed by atoms with E-state index < -0.39 is 11.1 Å². The highest BCUT2D eigenvalue weighted by atomic mass is 19.1. The molecule has 0 aromatic carbocycles. The minimum Gasteiger partial charge on any atom is -0.396 e. The van der Waals surface area contributed by atoms with Crippen LogP contribution in [0.5, 0.6) is 0 Å². The molecule has 0 amide bonds. The Labute approximate surface area is 80.3 Å². The van der Waals surface area contributed by atoms with Crippen molar-refractivity contribution in [1.82, 2.24) is 0 Å². The number of alkyl halides is 1. The maximum absolute atomic E-state index is 14.0. The van der Waals surface area contributed by atoms with Gasteiger partial charge in [-0.2, -0.15) is 0 Å². The lowest BCUT2D eigenvalue weighted by Gasteiger charge is -2.39. The smallest absolute Gasteiger partial charge is 0.113 e. The summed E-state index contributed by atoms with van der Waals surface area (Å²) in [5, 5.41) is 9.36. The molecule has 0 atom stereocenters. The highest BCUT2D eigenvalue weighted by molar-refractivity contribution is 4.94. The second-order valence-electron chi connectivity index (χ2n) is 4.83. The third kappa shape index (κ3) is 2.22. The predicted molar refractivity (Wildman–Crippen MR) is 52.4 cm³/mol. The SMILES string of the molecule is CC(C)(F)C1(CO)CCCCCC1. The molecule has 1 rings (SSSR count). The molecule has 1 nitrogen and oxygen atoms in total. The molecule has 0 spiro atoms. The Balaban J connectivity index is 2.76. The molecule has 1 fully saturated rings. The molecule has 0 aromatic heterocycles. The van der Waals surface area contributed by atoms with Crippen molar-refractivity contribution in [2.24, 2.45) is 5.41 Å². The normalized spacial score (nSPS) is 24.0. The van der Waals surface area contributed by atoms with Crippen molar-refractivity contribution in [3.05, 3.63) is 0 Å². The summed E-state index contributed by atoms with van der Waals surface area (Å²) in [4.78, 5) is 0. The molecule has 0 aliphatic heterocycles. The predicted octanol–water partition coefficient (Wildman–Crippen LogP) is 3.07. The molecule has 0 bridgehead atoms. The molecule has 13 heavy (non-hydrogen) atoms. The zero-order valence-electron chi connectivity index (χ0n) is 8.77. The number of rotatable bonds is 2. The lowest BCUT2D eigenvalue weighted by Crippen LogP contribution is -2.42. The summed E-state index contributed by atoms with van der Waals surface area (Å²) in [7, 11) is 0. The van der Waals surface area contributed by atoms with Crippen LogP contribution in [0.2, 0.25) is 0 Å². The van der Waals surface area contributed by atoms with Crippen molar-refractivity contribution in [3.8, 4) is 0 Å². The summed E-state index contributed by atoms with van der Waals surface area (Å²) in [5.74, 6) is 0. The largest absolute Gasteiger partial charge is 0.396 e. The number of halogens is 1. The molecule has 0 radical (unpaired) electrons. The summed E-state index contributed by atoms with van der Waals surface area (Å²) in [6.45, 7) is 3.21. The average molecular weight is 188 g/mol. The van der Waals surface area contributed by atoms with Crippen LogP contribution in [0.15, 0.2) is 0 Å². The van der Waals surface area contributed by atoms with Gasteiger partial charge in [0.05, 0.1) is 6.61 Å². The van der Waals surface area contributed by atoms with Gasteiger partial charge in [-0.3, -0.25) is 0 Å². The fraction of sp³-hybridized carbons (Fsp3) is 1.00. The van der Waals surface area contributed by atoms with Gasteiger partial charge in [-0.15, -0.1) is 0 Å². The van der Waals surface area contributed by atoms with Crippen molar-refractivity contribution in [3.63, 3.8) is 0 Å². The van der Waals surface area contributed by atoms with E-state index in [1.807, 2.05) is 0 Å². The van der Waals surface area contributed by atoms with Crippen LogP contribution in [0.1, 0.15) is 52.4 Å². The number of hydrogen-bond donors (Lipinski definition) is 1. The van der Waals surface area contributed by atoms with E-state index in [9.17, 15) is 9.50 Å². The molecular formula is C11H21FO. The van der Waals surface area contributed by atoms with Crippen molar-refractivity contribution < 1.29 is 9.50 Å². The van der Waals surface area contributed by atoms with Crippen molar-refractivity contribution in [2.75, 3.05) is 6.61 Å². The molecule has 1 aliphatic carbocycles. The Morgan fingerprint density at radius 1 is 1.15 bits per heavy atom. The summed E-state index contributed by atoms with van der Waals surface area (Å²) < 4.78 is 14.0. The fourth-order valence-corrected chi connectivity index (χ4v) is 2.35. The van der Waals surface area contributed by atoms with Gasteiger partial charge in [0.1, 0.15) is 5.67 Å². The first-order valence-electron chi connectivity index (χ1n) is 5.32. The summed E-state index contributed by atoms with van der Waals surface area (Å²) >= 11 is 0. The van der Waals surface area contributed by atoms with Crippen LogP contribution in [0, 0.1) is 5.41 Å². The third-order valence-electron chi connectivity index (χ3n) is 3.62. The van der Waals surface area contributed by atoms with Gasteiger partial charge in [0, 0.05) is 5.41 Å². The minimum atomic E-state index is -1.24. The Morgan fingerprint density at radius 2 is 1.62 bits per heavy atom. The first kappa shape index (κ1) is 11.0. The topological polar surface area (TPSA) is 20.2 Å². The van der Waals surface area contributed by atoms with Crippen LogP contribution in [0.4, 0.5) is 4.39 Å². The van der Waals surface area contributed by atoms with Crippen LogP contribution in [-0.2, 0) is 0 Å². The van der Waals surface area contributed by atoms with E-state index in [1.165, 1.54) is 12.8 Å². The second-order valence-corrected chi connectivity index (χ2v) is 4.83. The van der Waals surface area contributed by atoms with E-state index >= 15 is 0 Å². The van der Waals surface area contributed by atoms with Crippen molar-refractivity contribution >= 4 is 0 Å². The summed E-state index contributed by atoms with van der Waals surface area (Å²) in [6.07, 6.45) is 6.19. The summed E-state index contributed by atoms with van der Waals surface area (Å²) in [5.41, 5.74) is -1.71. The molecule has 0 unspecified atom stereocenters. The van der Waals surface area contributed by atoms with E-state index in [4.69, 9.17) is 0 Å².